The van der Waals surface area contributed by atoms with Gasteiger partial charge in [-0.1, -0.05) is 11.6 Å². The Morgan fingerprint density at radius 3 is 2.78 bits per heavy atom. The van der Waals surface area contributed by atoms with Crippen LogP contribution in [0.2, 0.25) is 5.02 Å². The van der Waals surface area contributed by atoms with E-state index in [1.54, 1.807) is 0 Å². The van der Waals surface area contributed by atoms with Crippen molar-refractivity contribution < 1.29 is 8.78 Å². The van der Waals surface area contributed by atoms with Gasteiger partial charge >= 0.3 is 5.69 Å². The summed E-state index contributed by atoms with van der Waals surface area (Å²) in [5, 5.41) is 7.30. The summed E-state index contributed by atoms with van der Waals surface area (Å²) in [6.07, 6.45) is 0.154. The molecule has 0 N–H and O–H groups in total. The fourth-order valence-corrected chi connectivity index (χ4v) is 1.59. The number of tetrazole rings is 1. The van der Waals surface area contributed by atoms with Crippen molar-refractivity contribution in [1.82, 2.24) is 19.8 Å². The molecule has 2 rings (SSSR count). The van der Waals surface area contributed by atoms with E-state index in [-0.39, 0.29) is 23.7 Å². The lowest BCUT2D eigenvalue weighted by Gasteiger charge is -2.00. The summed E-state index contributed by atoms with van der Waals surface area (Å²) in [5.41, 5.74) is -0.666. The number of aromatic nitrogens is 4. The zero-order valence-corrected chi connectivity index (χ0v) is 9.94. The molecule has 1 heterocycles. The Hall–Kier alpha value is -1.76. The highest BCUT2D eigenvalue weighted by atomic mass is 35.5. The monoisotopic (exact) mass is 274 g/mol. The van der Waals surface area contributed by atoms with Gasteiger partial charge in [-0.3, -0.25) is 4.39 Å². The van der Waals surface area contributed by atoms with E-state index >= 15 is 0 Å². The first-order valence-electron chi connectivity index (χ1n) is 5.17. The van der Waals surface area contributed by atoms with E-state index in [0.29, 0.717) is 0 Å². The summed E-state index contributed by atoms with van der Waals surface area (Å²) in [5.74, 6) is -0.679. The maximum absolute atomic E-state index is 13.6. The van der Waals surface area contributed by atoms with Crippen LogP contribution >= 0.6 is 11.6 Å². The van der Waals surface area contributed by atoms with Gasteiger partial charge in [0.15, 0.2) is 5.82 Å². The number of alkyl halides is 1. The van der Waals surface area contributed by atoms with E-state index in [0.717, 1.165) is 15.4 Å². The van der Waals surface area contributed by atoms with Crippen LogP contribution in [0.1, 0.15) is 6.42 Å². The van der Waals surface area contributed by atoms with Gasteiger partial charge in [0.2, 0.25) is 0 Å². The lowest BCUT2D eigenvalue weighted by Crippen LogP contribution is -2.25. The molecule has 0 aliphatic rings. The molecule has 1 aromatic heterocycles. The molecular weight excluding hydrogens is 266 g/mol. The van der Waals surface area contributed by atoms with Gasteiger partial charge in [-0.25, -0.2) is 9.18 Å². The second-order valence-corrected chi connectivity index (χ2v) is 3.97. The molecular formula is C10H9ClF2N4O. The second kappa shape index (κ2) is 5.26. The zero-order valence-electron chi connectivity index (χ0n) is 9.18. The molecule has 8 heteroatoms. The minimum atomic E-state index is -0.679. The molecule has 18 heavy (non-hydrogen) atoms. The molecule has 0 aliphatic heterocycles. The minimum Gasteiger partial charge on any atom is -0.251 e. The number of aryl methyl sites for hydroxylation is 1. The molecule has 2 aromatic rings. The van der Waals surface area contributed by atoms with Crippen molar-refractivity contribution in [1.29, 1.82) is 0 Å². The SMILES string of the molecule is O=c1n(CCCF)nnn1-c1ccc(Cl)cc1F. The van der Waals surface area contributed by atoms with Gasteiger partial charge in [0.05, 0.1) is 13.2 Å². The van der Waals surface area contributed by atoms with Crippen molar-refractivity contribution >= 4 is 11.6 Å². The smallest absolute Gasteiger partial charge is 0.251 e. The molecule has 0 spiro atoms. The van der Waals surface area contributed by atoms with E-state index in [1.807, 2.05) is 0 Å². The van der Waals surface area contributed by atoms with Gasteiger partial charge in [0, 0.05) is 5.02 Å². The summed E-state index contributed by atoms with van der Waals surface area (Å²) >= 11 is 5.61. The predicted molar refractivity (Wildman–Crippen MR) is 61.2 cm³/mol. The minimum absolute atomic E-state index is 0.0455. The molecule has 0 saturated carbocycles. The van der Waals surface area contributed by atoms with Crippen LogP contribution in [0.3, 0.4) is 0 Å². The fourth-order valence-electron chi connectivity index (χ4n) is 1.43. The van der Waals surface area contributed by atoms with Gasteiger partial charge < -0.3 is 0 Å². The molecule has 0 fully saturated rings. The summed E-state index contributed by atoms with van der Waals surface area (Å²) in [4.78, 5) is 11.8. The molecule has 0 unspecified atom stereocenters. The number of nitrogens with zero attached hydrogens (tertiary/aromatic N) is 4. The Labute approximate surface area is 106 Å². The normalized spacial score (nSPS) is 10.8. The van der Waals surface area contributed by atoms with E-state index in [2.05, 4.69) is 10.4 Å². The third-order valence-electron chi connectivity index (χ3n) is 2.28. The predicted octanol–water partition coefficient (Wildman–Crippen LogP) is 1.58. The average molecular weight is 275 g/mol. The lowest BCUT2D eigenvalue weighted by molar-refractivity contribution is 0.427. The summed E-state index contributed by atoms with van der Waals surface area (Å²) in [7, 11) is 0. The molecule has 0 atom stereocenters. The lowest BCUT2D eigenvalue weighted by atomic mass is 10.3. The van der Waals surface area contributed by atoms with Crippen LogP contribution in [0.4, 0.5) is 8.78 Å². The van der Waals surface area contributed by atoms with Crippen molar-refractivity contribution in [2.24, 2.45) is 0 Å². The standard InChI is InChI=1S/C10H9ClF2N4O/c11-7-2-3-9(8(13)6-7)17-10(18)16(14-15-17)5-1-4-12/h2-3,6H,1,4-5H2. The van der Waals surface area contributed by atoms with Crippen molar-refractivity contribution in [3.63, 3.8) is 0 Å². The van der Waals surface area contributed by atoms with Gasteiger partial charge in [0.25, 0.3) is 0 Å². The number of hydrogen-bond acceptors (Lipinski definition) is 3. The van der Waals surface area contributed by atoms with Crippen molar-refractivity contribution in [3.8, 4) is 5.69 Å². The van der Waals surface area contributed by atoms with E-state index < -0.39 is 18.2 Å². The Bertz CT molecular complexity index is 610. The number of hydrogen-bond donors (Lipinski definition) is 0. The highest BCUT2D eigenvalue weighted by Crippen LogP contribution is 2.16. The Balaban J connectivity index is 2.39. The number of rotatable bonds is 4. The Morgan fingerprint density at radius 2 is 2.11 bits per heavy atom. The van der Waals surface area contributed by atoms with Gasteiger partial charge in [-0.2, -0.15) is 9.36 Å². The quantitative estimate of drug-likeness (QED) is 0.851. The van der Waals surface area contributed by atoms with Gasteiger partial charge in [-0.15, -0.1) is 0 Å². The third-order valence-corrected chi connectivity index (χ3v) is 2.52. The summed E-state index contributed by atoms with van der Waals surface area (Å²) < 4.78 is 27.4. The van der Waals surface area contributed by atoms with Crippen LogP contribution in [0.5, 0.6) is 0 Å². The summed E-state index contributed by atoms with van der Waals surface area (Å²) in [6.45, 7) is -0.459. The molecule has 5 nitrogen and oxygen atoms in total. The highest BCUT2D eigenvalue weighted by Gasteiger charge is 2.12. The molecule has 0 radical (unpaired) electrons. The maximum Gasteiger partial charge on any atom is 0.368 e. The Morgan fingerprint density at radius 1 is 1.33 bits per heavy atom. The second-order valence-electron chi connectivity index (χ2n) is 3.53. The highest BCUT2D eigenvalue weighted by molar-refractivity contribution is 6.30. The van der Waals surface area contributed by atoms with Crippen LogP contribution in [0, 0.1) is 5.82 Å². The number of benzene rings is 1. The maximum atomic E-state index is 13.6. The van der Waals surface area contributed by atoms with Crippen LogP contribution < -0.4 is 5.69 Å². The molecule has 0 amide bonds. The van der Waals surface area contributed by atoms with Crippen LogP contribution in [-0.2, 0) is 6.54 Å². The largest absolute Gasteiger partial charge is 0.368 e. The molecule has 0 saturated heterocycles. The topological polar surface area (TPSA) is 52.7 Å². The number of halogens is 3. The Kier molecular flexibility index (Phi) is 3.71. The molecule has 0 bridgehead atoms. The molecule has 1 aromatic carbocycles. The van der Waals surface area contributed by atoms with Gasteiger partial charge in [0.1, 0.15) is 5.69 Å². The van der Waals surface area contributed by atoms with Crippen LogP contribution in [0.25, 0.3) is 5.69 Å². The first kappa shape index (κ1) is 12.7. The third kappa shape index (κ3) is 2.40. The first-order chi connectivity index (χ1) is 8.63. The molecule has 0 aliphatic carbocycles. The fraction of sp³-hybridized carbons (Fsp3) is 0.300. The van der Waals surface area contributed by atoms with Crippen molar-refractivity contribution in [2.45, 2.75) is 13.0 Å². The summed E-state index contributed by atoms with van der Waals surface area (Å²) in [6, 6.07) is 3.84. The van der Waals surface area contributed by atoms with E-state index in [4.69, 9.17) is 11.6 Å². The first-order valence-corrected chi connectivity index (χ1v) is 5.55. The van der Waals surface area contributed by atoms with Gasteiger partial charge in [-0.05, 0) is 35.0 Å². The molecule has 96 valence electrons. The van der Waals surface area contributed by atoms with Crippen LogP contribution in [-0.4, -0.2) is 26.5 Å². The van der Waals surface area contributed by atoms with E-state index in [9.17, 15) is 13.6 Å². The zero-order chi connectivity index (χ0) is 13.1. The average Bonchev–Trinajstić information content (AvgIpc) is 2.68. The van der Waals surface area contributed by atoms with Crippen LogP contribution in [0.15, 0.2) is 23.0 Å². The van der Waals surface area contributed by atoms with E-state index in [1.165, 1.54) is 12.1 Å². The van der Waals surface area contributed by atoms with Crippen molar-refractivity contribution in [3.05, 3.63) is 39.5 Å². The van der Waals surface area contributed by atoms with Crippen molar-refractivity contribution in [2.75, 3.05) is 6.67 Å².